The number of alkyl halides is 2. The summed E-state index contributed by atoms with van der Waals surface area (Å²) in [6.45, 7) is 9.49. The molecule has 1 amide bonds. The van der Waals surface area contributed by atoms with E-state index in [2.05, 4.69) is 36.4 Å². The lowest BCUT2D eigenvalue weighted by atomic mass is 9.98. The van der Waals surface area contributed by atoms with Crippen LogP contribution in [-0.2, 0) is 16.8 Å². The number of aromatic nitrogens is 1. The summed E-state index contributed by atoms with van der Waals surface area (Å²) in [4.78, 5) is 21.1. The van der Waals surface area contributed by atoms with Crippen molar-refractivity contribution in [2.45, 2.75) is 51.1 Å². The Morgan fingerprint density at radius 2 is 1.93 bits per heavy atom. The Hall–Kier alpha value is -0.540. The molecule has 2 aliphatic rings. The molecular formula is C17H28Cl2F2N4OS. The summed E-state index contributed by atoms with van der Waals surface area (Å²) in [5, 5.41) is 5.88. The first-order valence-corrected chi connectivity index (χ1v) is 9.59. The Morgan fingerprint density at radius 1 is 1.30 bits per heavy atom. The van der Waals surface area contributed by atoms with Gasteiger partial charge in [-0.2, -0.15) is 0 Å². The number of thiazole rings is 1. The van der Waals surface area contributed by atoms with Crippen LogP contribution in [0.5, 0.6) is 0 Å². The molecular weight excluding hydrogens is 417 g/mol. The largest absolute Gasteiger partial charge is 0.339 e. The van der Waals surface area contributed by atoms with Crippen molar-refractivity contribution in [2.75, 3.05) is 32.7 Å². The summed E-state index contributed by atoms with van der Waals surface area (Å²) >= 11 is 1.69. The normalized spacial score (nSPS) is 22.9. The smallest absolute Gasteiger partial charge is 0.262 e. The van der Waals surface area contributed by atoms with Crippen molar-refractivity contribution in [3.8, 4) is 0 Å². The van der Waals surface area contributed by atoms with Crippen LogP contribution in [0.4, 0.5) is 8.78 Å². The first kappa shape index (κ1) is 24.5. The number of hydrogen-bond donors (Lipinski definition) is 1. The maximum atomic E-state index is 13.3. The third-order valence-corrected chi connectivity index (χ3v) is 5.99. The highest BCUT2D eigenvalue weighted by atomic mass is 35.5. The fourth-order valence-corrected chi connectivity index (χ4v) is 4.09. The molecule has 27 heavy (non-hydrogen) atoms. The SMILES string of the molecule is CC(C)(C)c1nc(CN2CCN(C(=O)C3CC(F)(F)CN3)CC2)cs1.Cl.Cl. The van der Waals surface area contributed by atoms with Crippen LogP contribution in [0, 0.1) is 0 Å². The highest BCUT2D eigenvalue weighted by molar-refractivity contribution is 7.09. The molecule has 2 saturated heterocycles. The molecule has 0 bridgehead atoms. The van der Waals surface area contributed by atoms with Crippen LogP contribution in [0.25, 0.3) is 0 Å². The molecule has 0 saturated carbocycles. The van der Waals surface area contributed by atoms with E-state index in [1.165, 1.54) is 0 Å². The molecule has 0 spiro atoms. The molecule has 0 aromatic carbocycles. The first-order chi connectivity index (χ1) is 11.6. The number of rotatable bonds is 3. The van der Waals surface area contributed by atoms with Crippen molar-refractivity contribution in [1.82, 2.24) is 20.1 Å². The van der Waals surface area contributed by atoms with Gasteiger partial charge in [-0.25, -0.2) is 13.8 Å². The van der Waals surface area contributed by atoms with Gasteiger partial charge >= 0.3 is 0 Å². The van der Waals surface area contributed by atoms with Crippen LogP contribution in [0.15, 0.2) is 5.38 Å². The van der Waals surface area contributed by atoms with Gasteiger partial charge in [0.05, 0.1) is 23.3 Å². The topological polar surface area (TPSA) is 48.5 Å². The number of hydrogen-bond acceptors (Lipinski definition) is 5. The van der Waals surface area contributed by atoms with Gasteiger partial charge in [-0.15, -0.1) is 36.2 Å². The second-order valence-electron chi connectivity index (χ2n) is 7.99. The molecule has 1 unspecified atom stereocenters. The van der Waals surface area contributed by atoms with Gasteiger partial charge in [0.2, 0.25) is 5.91 Å². The lowest BCUT2D eigenvalue weighted by Gasteiger charge is -2.35. The van der Waals surface area contributed by atoms with Gasteiger partial charge in [-0.3, -0.25) is 15.0 Å². The minimum atomic E-state index is -2.77. The second-order valence-corrected chi connectivity index (χ2v) is 8.85. The number of nitrogens with one attached hydrogen (secondary N) is 1. The van der Waals surface area contributed by atoms with Crippen LogP contribution >= 0.6 is 36.2 Å². The summed E-state index contributed by atoms with van der Waals surface area (Å²) in [6.07, 6.45) is -0.388. The minimum absolute atomic E-state index is 0. The maximum absolute atomic E-state index is 13.3. The number of halogens is 4. The fourth-order valence-electron chi connectivity index (χ4n) is 3.19. The molecule has 1 aromatic heterocycles. The van der Waals surface area contributed by atoms with E-state index in [0.717, 1.165) is 30.3 Å². The molecule has 3 rings (SSSR count). The Balaban J connectivity index is 0.00000182. The van der Waals surface area contributed by atoms with Crippen LogP contribution in [0.3, 0.4) is 0 Å². The van der Waals surface area contributed by atoms with Crippen molar-refractivity contribution in [3.63, 3.8) is 0 Å². The van der Waals surface area contributed by atoms with Gasteiger partial charge in [0, 0.05) is 49.9 Å². The number of amides is 1. The van der Waals surface area contributed by atoms with E-state index in [1.54, 1.807) is 16.2 Å². The van der Waals surface area contributed by atoms with Gasteiger partial charge in [-0.1, -0.05) is 20.8 Å². The molecule has 1 N–H and O–H groups in total. The Kier molecular flexibility index (Phi) is 8.44. The molecule has 5 nitrogen and oxygen atoms in total. The molecule has 3 heterocycles. The van der Waals surface area contributed by atoms with E-state index < -0.39 is 18.5 Å². The van der Waals surface area contributed by atoms with Crippen LogP contribution in [0.2, 0.25) is 0 Å². The van der Waals surface area contributed by atoms with Gasteiger partial charge in [0.15, 0.2) is 0 Å². The standard InChI is InChI=1S/C17H26F2N4OS.2ClH/c1-16(2,3)15-21-12(10-25-15)9-22-4-6-23(7-5-22)14(24)13-8-17(18,19)11-20-13;;/h10,13,20H,4-9,11H2,1-3H3;2*1H. The van der Waals surface area contributed by atoms with Crippen molar-refractivity contribution < 1.29 is 13.6 Å². The monoisotopic (exact) mass is 444 g/mol. The molecule has 1 aromatic rings. The second kappa shape index (κ2) is 9.31. The summed E-state index contributed by atoms with van der Waals surface area (Å²) in [6, 6.07) is -0.741. The lowest BCUT2D eigenvalue weighted by Crippen LogP contribution is -2.52. The Morgan fingerprint density at radius 3 is 2.41 bits per heavy atom. The summed E-state index contributed by atoms with van der Waals surface area (Å²) < 4.78 is 26.5. The third-order valence-electron chi connectivity index (χ3n) is 4.67. The highest BCUT2D eigenvalue weighted by Crippen LogP contribution is 2.27. The van der Waals surface area contributed by atoms with Gasteiger partial charge < -0.3 is 4.90 Å². The Bertz CT molecular complexity index is 631. The van der Waals surface area contributed by atoms with E-state index in [-0.39, 0.29) is 42.6 Å². The van der Waals surface area contributed by atoms with Crippen LogP contribution in [0.1, 0.15) is 37.9 Å². The molecule has 1 atom stereocenters. The van der Waals surface area contributed by atoms with E-state index in [1.807, 2.05) is 0 Å². The van der Waals surface area contributed by atoms with Gasteiger partial charge in [0.25, 0.3) is 5.92 Å². The molecule has 0 radical (unpaired) electrons. The number of nitrogens with zero attached hydrogens (tertiary/aromatic N) is 3. The van der Waals surface area contributed by atoms with Crippen molar-refractivity contribution in [3.05, 3.63) is 16.1 Å². The lowest BCUT2D eigenvalue weighted by molar-refractivity contribution is -0.135. The zero-order chi connectivity index (χ0) is 18.2. The zero-order valence-electron chi connectivity index (χ0n) is 15.8. The summed E-state index contributed by atoms with van der Waals surface area (Å²) in [7, 11) is 0. The van der Waals surface area contributed by atoms with Gasteiger partial charge in [0.1, 0.15) is 0 Å². The molecule has 0 aliphatic carbocycles. The van der Waals surface area contributed by atoms with E-state index in [4.69, 9.17) is 4.98 Å². The van der Waals surface area contributed by atoms with Crippen molar-refractivity contribution in [1.29, 1.82) is 0 Å². The van der Waals surface area contributed by atoms with Crippen LogP contribution in [-0.4, -0.2) is 65.4 Å². The van der Waals surface area contributed by atoms with E-state index >= 15 is 0 Å². The van der Waals surface area contributed by atoms with Crippen molar-refractivity contribution >= 4 is 42.1 Å². The van der Waals surface area contributed by atoms with Gasteiger partial charge in [-0.05, 0) is 0 Å². The predicted molar refractivity (Wildman–Crippen MR) is 109 cm³/mol. The minimum Gasteiger partial charge on any atom is -0.339 e. The average Bonchev–Trinajstić information content (AvgIpc) is 3.13. The Labute approximate surface area is 175 Å². The van der Waals surface area contributed by atoms with E-state index in [9.17, 15) is 13.6 Å². The third kappa shape index (κ3) is 6.22. The summed E-state index contributed by atoms with van der Waals surface area (Å²) in [5.41, 5.74) is 1.12. The highest BCUT2D eigenvalue weighted by Gasteiger charge is 2.43. The average molecular weight is 445 g/mol. The predicted octanol–water partition coefficient (Wildman–Crippen LogP) is 2.93. The molecule has 2 aliphatic heterocycles. The molecule has 2 fully saturated rings. The first-order valence-electron chi connectivity index (χ1n) is 8.71. The number of piperazine rings is 1. The zero-order valence-corrected chi connectivity index (χ0v) is 18.3. The number of carbonyl (C=O) groups is 1. The number of carbonyl (C=O) groups excluding carboxylic acids is 1. The summed E-state index contributed by atoms with van der Waals surface area (Å²) in [5.74, 6) is -2.96. The molecule has 156 valence electrons. The maximum Gasteiger partial charge on any atom is 0.262 e. The van der Waals surface area contributed by atoms with Crippen LogP contribution < -0.4 is 5.32 Å². The van der Waals surface area contributed by atoms with Crippen molar-refractivity contribution in [2.24, 2.45) is 0 Å². The molecule has 10 heteroatoms. The quantitative estimate of drug-likeness (QED) is 0.778. The fraction of sp³-hybridized carbons (Fsp3) is 0.765. The van der Waals surface area contributed by atoms with E-state index in [0.29, 0.717) is 13.1 Å².